The van der Waals surface area contributed by atoms with E-state index < -0.39 is 0 Å². The molecule has 0 saturated carbocycles. The van der Waals surface area contributed by atoms with Crippen molar-refractivity contribution in [3.05, 3.63) is 35.9 Å². The van der Waals surface area contributed by atoms with Gasteiger partial charge in [-0.1, -0.05) is 51.1 Å². The van der Waals surface area contributed by atoms with Crippen LogP contribution in [0.1, 0.15) is 39.2 Å². The molecular weight excluding hydrogens is 208 g/mol. The van der Waals surface area contributed by atoms with Crippen molar-refractivity contribution in [2.75, 3.05) is 6.61 Å². The van der Waals surface area contributed by atoms with Gasteiger partial charge in [-0.2, -0.15) is 0 Å². The fraction of sp³-hybridized carbons (Fsp3) is 0.625. The van der Waals surface area contributed by atoms with E-state index in [1.807, 2.05) is 0 Å². The molecule has 1 fully saturated rings. The number of hydrogen-bond acceptors (Lipinski definition) is 1. The summed E-state index contributed by atoms with van der Waals surface area (Å²) in [5, 5.41) is 0. The van der Waals surface area contributed by atoms with E-state index in [1.165, 1.54) is 12.0 Å². The van der Waals surface area contributed by atoms with Crippen molar-refractivity contribution in [3.63, 3.8) is 0 Å². The third-order valence-electron chi connectivity index (χ3n) is 4.14. The molecule has 1 aromatic carbocycles. The van der Waals surface area contributed by atoms with Crippen LogP contribution in [0.5, 0.6) is 0 Å². The van der Waals surface area contributed by atoms with Gasteiger partial charge >= 0.3 is 0 Å². The Morgan fingerprint density at radius 1 is 1.24 bits per heavy atom. The molecule has 1 aliphatic rings. The zero-order valence-corrected chi connectivity index (χ0v) is 11.3. The fourth-order valence-electron chi connectivity index (χ4n) is 2.80. The SMILES string of the molecule is CCC1CC(C(C)(C)Cc2ccccc2)CO1. The molecule has 17 heavy (non-hydrogen) atoms. The van der Waals surface area contributed by atoms with Gasteiger partial charge in [-0.25, -0.2) is 0 Å². The Balaban J connectivity index is 1.99. The van der Waals surface area contributed by atoms with Gasteiger partial charge in [0.1, 0.15) is 0 Å². The molecule has 0 radical (unpaired) electrons. The molecule has 2 atom stereocenters. The summed E-state index contributed by atoms with van der Waals surface area (Å²) in [6.07, 6.45) is 4.03. The molecule has 1 aliphatic heterocycles. The Kier molecular flexibility index (Phi) is 3.88. The van der Waals surface area contributed by atoms with Crippen LogP contribution in [0.25, 0.3) is 0 Å². The Morgan fingerprint density at radius 2 is 1.94 bits per heavy atom. The van der Waals surface area contributed by atoms with E-state index >= 15 is 0 Å². The summed E-state index contributed by atoms with van der Waals surface area (Å²) in [4.78, 5) is 0. The Morgan fingerprint density at radius 3 is 2.53 bits per heavy atom. The molecule has 0 amide bonds. The minimum absolute atomic E-state index is 0.339. The van der Waals surface area contributed by atoms with E-state index in [1.54, 1.807) is 0 Å². The molecule has 94 valence electrons. The first-order chi connectivity index (χ1) is 8.12. The normalized spacial score (nSPS) is 25.1. The molecule has 1 heteroatoms. The predicted octanol–water partition coefficient (Wildman–Crippen LogP) is 4.07. The Labute approximate surface area is 105 Å². The summed E-state index contributed by atoms with van der Waals surface area (Å²) in [6, 6.07) is 10.8. The second kappa shape index (κ2) is 5.22. The van der Waals surface area contributed by atoms with Gasteiger partial charge in [0.25, 0.3) is 0 Å². The average molecular weight is 232 g/mol. The highest BCUT2D eigenvalue weighted by Crippen LogP contribution is 2.38. The third kappa shape index (κ3) is 3.10. The predicted molar refractivity (Wildman–Crippen MR) is 72.1 cm³/mol. The van der Waals surface area contributed by atoms with Crippen molar-refractivity contribution in [2.45, 2.75) is 46.1 Å². The lowest BCUT2D eigenvalue weighted by molar-refractivity contribution is 0.0921. The van der Waals surface area contributed by atoms with Crippen LogP contribution in [-0.2, 0) is 11.2 Å². The maximum atomic E-state index is 5.84. The first-order valence-corrected chi connectivity index (χ1v) is 6.77. The van der Waals surface area contributed by atoms with Crippen LogP contribution in [0.2, 0.25) is 0 Å². The largest absolute Gasteiger partial charge is 0.378 e. The molecule has 1 aromatic rings. The lowest BCUT2D eigenvalue weighted by atomic mass is 9.73. The maximum absolute atomic E-state index is 5.84. The Bertz CT molecular complexity index is 342. The van der Waals surface area contributed by atoms with E-state index in [0.29, 0.717) is 17.4 Å². The summed E-state index contributed by atoms with van der Waals surface area (Å²) < 4.78 is 5.84. The minimum atomic E-state index is 0.339. The van der Waals surface area contributed by atoms with Crippen LogP contribution in [0.3, 0.4) is 0 Å². The first-order valence-electron chi connectivity index (χ1n) is 6.77. The van der Waals surface area contributed by atoms with Gasteiger partial charge in [-0.15, -0.1) is 0 Å². The van der Waals surface area contributed by atoms with Gasteiger partial charge in [0.2, 0.25) is 0 Å². The molecule has 0 aromatic heterocycles. The second-order valence-electron chi connectivity index (χ2n) is 5.95. The van der Waals surface area contributed by atoms with Crippen molar-refractivity contribution in [3.8, 4) is 0 Å². The fourth-order valence-corrected chi connectivity index (χ4v) is 2.80. The van der Waals surface area contributed by atoms with Crippen molar-refractivity contribution in [2.24, 2.45) is 11.3 Å². The molecule has 0 aliphatic carbocycles. The average Bonchev–Trinajstić information content (AvgIpc) is 2.79. The van der Waals surface area contributed by atoms with E-state index in [-0.39, 0.29) is 0 Å². The standard InChI is InChI=1S/C16H24O/c1-4-15-10-14(12-17-15)16(2,3)11-13-8-6-5-7-9-13/h5-9,14-15H,4,10-12H2,1-3H3. The first kappa shape index (κ1) is 12.6. The zero-order valence-electron chi connectivity index (χ0n) is 11.3. The van der Waals surface area contributed by atoms with Crippen LogP contribution in [0, 0.1) is 11.3 Å². The molecule has 1 saturated heterocycles. The van der Waals surface area contributed by atoms with Crippen LogP contribution in [-0.4, -0.2) is 12.7 Å². The highest BCUT2D eigenvalue weighted by atomic mass is 16.5. The van der Waals surface area contributed by atoms with Crippen LogP contribution in [0.4, 0.5) is 0 Å². The topological polar surface area (TPSA) is 9.23 Å². The summed E-state index contributed by atoms with van der Waals surface area (Å²) in [7, 11) is 0. The van der Waals surface area contributed by atoms with E-state index in [0.717, 1.165) is 19.4 Å². The van der Waals surface area contributed by atoms with Gasteiger partial charge in [0, 0.05) is 0 Å². The Hall–Kier alpha value is -0.820. The summed E-state index contributed by atoms with van der Waals surface area (Å²) in [5.74, 6) is 0.702. The summed E-state index contributed by atoms with van der Waals surface area (Å²) in [5.41, 5.74) is 1.78. The minimum Gasteiger partial charge on any atom is -0.378 e. The van der Waals surface area contributed by atoms with Gasteiger partial charge in [-0.05, 0) is 36.2 Å². The number of ether oxygens (including phenoxy) is 1. The number of rotatable bonds is 4. The monoisotopic (exact) mass is 232 g/mol. The van der Waals surface area contributed by atoms with Gasteiger partial charge in [0.15, 0.2) is 0 Å². The van der Waals surface area contributed by atoms with Crippen LogP contribution >= 0.6 is 0 Å². The summed E-state index contributed by atoms with van der Waals surface area (Å²) in [6.45, 7) is 7.92. The maximum Gasteiger partial charge on any atom is 0.0576 e. The van der Waals surface area contributed by atoms with Gasteiger partial charge in [-0.3, -0.25) is 0 Å². The zero-order chi connectivity index (χ0) is 12.3. The third-order valence-corrected chi connectivity index (χ3v) is 4.14. The van der Waals surface area contributed by atoms with Crippen LogP contribution in [0.15, 0.2) is 30.3 Å². The molecule has 2 rings (SSSR count). The van der Waals surface area contributed by atoms with Crippen LogP contribution < -0.4 is 0 Å². The van der Waals surface area contributed by atoms with E-state index in [4.69, 9.17) is 4.74 Å². The molecular formula is C16H24O. The van der Waals surface area contributed by atoms with Gasteiger partial charge < -0.3 is 4.74 Å². The van der Waals surface area contributed by atoms with E-state index in [2.05, 4.69) is 51.1 Å². The van der Waals surface area contributed by atoms with Crippen molar-refractivity contribution < 1.29 is 4.74 Å². The highest BCUT2D eigenvalue weighted by Gasteiger charge is 2.36. The van der Waals surface area contributed by atoms with E-state index in [9.17, 15) is 0 Å². The molecule has 2 unspecified atom stereocenters. The number of benzene rings is 1. The van der Waals surface area contributed by atoms with Crippen molar-refractivity contribution >= 4 is 0 Å². The second-order valence-corrected chi connectivity index (χ2v) is 5.95. The summed E-state index contributed by atoms with van der Waals surface area (Å²) >= 11 is 0. The molecule has 0 bridgehead atoms. The quantitative estimate of drug-likeness (QED) is 0.760. The molecule has 1 heterocycles. The van der Waals surface area contributed by atoms with Gasteiger partial charge in [0.05, 0.1) is 12.7 Å². The lowest BCUT2D eigenvalue weighted by Crippen LogP contribution is -2.27. The molecule has 0 spiro atoms. The smallest absolute Gasteiger partial charge is 0.0576 e. The molecule has 1 nitrogen and oxygen atoms in total. The van der Waals surface area contributed by atoms with Crippen molar-refractivity contribution in [1.82, 2.24) is 0 Å². The molecule has 0 N–H and O–H groups in total. The van der Waals surface area contributed by atoms with Crippen molar-refractivity contribution in [1.29, 1.82) is 0 Å². The highest BCUT2D eigenvalue weighted by molar-refractivity contribution is 5.16. The lowest BCUT2D eigenvalue weighted by Gasteiger charge is -2.31. The number of hydrogen-bond donors (Lipinski definition) is 0.